The van der Waals surface area contributed by atoms with Crippen molar-refractivity contribution >= 4 is 23.2 Å². The number of halogens is 3. The molecule has 0 atom stereocenters. The van der Waals surface area contributed by atoms with Crippen LogP contribution in [0.2, 0.25) is 5.02 Å². The monoisotopic (exact) mass is 444 g/mol. The normalized spacial score (nSPS) is 11.4. The van der Waals surface area contributed by atoms with Crippen molar-refractivity contribution in [3.05, 3.63) is 58.4 Å². The quantitative estimate of drug-likeness (QED) is 0.479. The van der Waals surface area contributed by atoms with Gasteiger partial charge in [-0.2, -0.15) is 10.2 Å². The number of nitrogens with zero attached hydrogens (tertiary/aromatic N) is 7. The predicted molar refractivity (Wildman–Crippen MR) is 113 cm³/mol. The zero-order valence-electron chi connectivity index (χ0n) is 17.2. The van der Waals surface area contributed by atoms with Crippen LogP contribution >= 0.6 is 11.6 Å². The molecule has 0 aromatic carbocycles. The molecule has 8 nitrogen and oxygen atoms in total. The van der Waals surface area contributed by atoms with Crippen LogP contribution in [0.4, 0.5) is 20.4 Å². The van der Waals surface area contributed by atoms with Crippen LogP contribution in [0.15, 0.2) is 30.7 Å². The summed E-state index contributed by atoms with van der Waals surface area (Å²) in [6.07, 6.45) is 0.220. The minimum Gasteiger partial charge on any atom is -0.325 e. The van der Waals surface area contributed by atoms with Gasteiger partial charge in [-0.05, 0) is 32.9 Å². The van der Waals surface area contributed by atoms with Gasteiger partial charge in [0.2, 0.25) is 0 Å². The first kappa shape index (κ1) is 20.9. The van der Waals surface area contributed by atoms with Gasteiger partial charge in [0.15, 0.2) is 5.82 Å². The Balaban J connectivity index is 1.65. The number of anilines is 2. The number of hydrogen-bond donors (Lipinski definition) is 1. The average Bonchev–Trinajstić information content (AvgIpc) is 3.18. The van der Waals surface area contributed by atoms with E-state index < -0.39 is 6.43 Å². The lowest BCUT2D eigenvalue weighted by molar-refractivity contribution is 0.146. The highest BCUT2D eigenvalue weighted by molar-refractivity contribution is 6.31. The third-order valence-corrected chi connectivity index (χ3v) is 5.43. The van der Waals surface area contributed by atoms with Crippen LogP contribution in [0.3, 0.4) is 0 Å². The van der Waals surface area contributed by atoms with E-state index in [1.807, 2.05) is 20.8 Å². The highest BCUT2D eigenvalue weighted by Gasteiger charge is 2.17. The Bertz CT molecular complexity index is 1250. The summed E-state index contributed by atoms with van der Waals surface area (Å²) in [6, 6.07) is 4.64. The summed E-state index contributed by atoms with van der Waals surface area (Å²) >= 11 is 6.25. The van der Waals surface area contributed by atoms with E-state index in [2.05, 4.69) is 30.5 Å². The van der Waals surface area contributed by atoms with E-state index in [1.165, 1.54) is 18.6 Å². The summed E-state index contributed by atoms with van der Waals surface area (Å²) in [5, 5.41) is 12.8. The minimum absolute atomic E-state index is 0.270. The van der Waals surface area contributed by atoms with Gasteiger partial charge in [0.05, 0.1) is 22.1 Å². The first-order valence-corrected chi connectivity index (χ1v) is 9.73. The Labute approximate surface area is 181 Å². The van der Waals surface area contributed by atoms with Crippen molar-refractivity contribution in [2.24, 2.45) is 7.05 Å². The second-order valence-corrected chi connectivity index (χ2v) is 7.38. The molecule has 0 aliphatic rings. The molecular formula is C20H19ClF2N8. The molecule has 4 heterocycles. The fourth-order valence-electron chi connectivity index (χ4n) is 3.25. The smallest absolute Gasteiger partial charge is 0.280 e. The number of pyridine rings is 1. The fraction of sp³-hybridized carbons (Fsp3) is 0.250. The van der Waals surface area contributed by atoms with Crippen molar-refractivity contribution in [2.75, 3.05) is 5.32 Å². The van der Waals surface area contributed by atoms with E-state index in [4.69, 9.17) is 11.6 Å². The lowest BCUT2D eigenvalue weighted by Crippen LogP contribution is -2.06. The lowest BCUT2D eigenvalue weighted by atomic mass is 10.1. The third kappa shape index (κ3) is 3.86. The summed E-state index contributed by atoms with van der Waals surface area (Å²) in [5.41, 5.74) is 3.33. The topological polar surface area (TPSA) is 86.3 Å². The Morgan fingerprint density at radius 2 is 1.84 bits per heavy atom. The second-order valence-electron chi connectivity index (χ2n) is 7.00. The SMILES string of the molecule is Cc1nn(-c2cc(Nc3c(C)c(-c4ccc(C(F)F)nc4)nn3C)ncn2)c(C)c1Cl. The van der Waals surface area contributed by atoms with Crippen LogP contribution in [0.1, 0.15) is 29.1 Å². The zero-order chi connectivity index (χ0) is 22.3. The van der Waals surface area contributed by atoms with E-state index in [9.17, 15) is 8.78 Å². The minimum atomic E-state index is -2.61. The molecule has 0 aliphatic heterocycles. The van der Waals surface area contributed by atoms with Gasteiger partial charge in [0.25, 0.3) is 6.43 Å². The Hall–Kier alpha value is -3.40. The van der Waals surface area contributed by atoms with Crippen LogP contribution in [0.5, 0.6) is 0 Å². The standard InChI is InChI=1S/C20H19ClF2N8/c1-10-18(13-5-6-14(19(22)23)24-8-13)29-30(4)20(10)27-15-7-16(26-9-25-15)31-12(3)17(21)11(2)28-31/h5-9,19H,1-4H3,(H,25,26,27). The van der Waals surface area contributed by atoms with Gasteiger partial charge in [0.1, 0.15) is 23.7 Å². The van der Waals surface area contributed by atoms with Crippen LogP contribution in [-0.2, 0) is 7.05 Å². The van der Waals surface area contributed by atoms with E-state index >= 15 is 0 Å². The Morgan fingerprint density at radius 3 is 2.45 bits per heavy atom. The molecule has 0 aliphatic carbocycles. The molecule has 4 aromatic rings. The summed E-state index contributed by atoms with van der Waals surface area (Å²) in [5.74, 6) is 1.80. The van der Waals surface area contributed by atoms with E-state index in [0.717, 1.165) is 11.3 Å². The van der Waals surface area contributed by atoms with E-state index in [-0.39, 0.29) is 5.69 Å². The maximum atomic E-state index is 12.8. The molecule has 0 unspecified atom stereocenters. The molecular weight excluding hydrogens is 426 g/mol. The maximum absolute atomic E-state index is 12.8. The highest BCUT2D eigenvalue weighted by Crippen LogP contribution is 2.30. The molecule has 0 amide bonds. The van der Waals surface area contributed by atoms with Gasteiger partial charge in [-0.15, -0.1) is 0 Å². The lowest BCUT2D eigenvalue weighted by Gasteiger charge is -2.09. The third-order valence-electron chi connectivity index (χ3n) is 4.89. The Kier molecular flexibility index (Phi) is 5.40. The van der Waals surface area contributed by atoms with Crippen molar-refractivity contribution < 1.29 is 8.78 Å². The zero-order valence-corrected chi connectivity index (χ0v) is 18.0. The average molecular weight is 445 g/mol. The van der Waals surface area contributed by atoms with Crippen molar-refractivity contribution in [3.8, 4) is 17.1 Å². The van der Waals surface area contributed by atoms with Gasteiger partial charge in [-0.25, -0.2) is 23.4 Å². The number of nitrogens with one attached hydrogen (secondary N) is 1. The summed E-state index contributed by atoms with van der Waals surface area (Å²) in [6.45, 7) is 5.58. The summed E-state index contributed by atoms with van der Waals surface area (Å²) in [4.78, 5) is 12.4. The highest BCUT2D eigenvalue weighted by atomic mass is 35.5. The van der Waals surface area contributed by atoms with Crippen LogP contribution in [-0.4, -0.2) is 34.5 Å². The maximum Gasteiger partial charge on any atom is 0.280 e. The molecule has 4 rings (SSSR count). The molecule has 11 heteroatoms. The molecule has 31 heavy (non-hydrogen) atoms. The molecule has 0 bridgehead atoms. The van der Waals surface area contributed by atoms with Gasteiger partial charge >= 0.3 is 0 Å². The van der Waals surface area contributed by atoms with Crippen LogP contribution in [0, 0.1) is 20.8 Å². The summed E-state index contributed by atoms with van der Waals surface area (Å²) in [7, 11) is 1.78. The van der Waals surface area contributed by atoms with Crippen LogP contribution < -0.4 is 5.32 Å². The number of rotatable bonds is 5. The molecule has 4 aromatic heterocycles. The van der Waals surface area contributed by atoms with Gasteiger partial charge in [-0.3, -0.25) is 9.67 Å². The van der Waals surface area contributed by atoms with Gasteiger partial charge in [-0.1, -0.05) is 11.6 Å². The Morgan fingerprint density at radius 1 is 1.06 bits per heavy atom. The molecule has 0 fully saturated rings. The molecule has 0 saturated heterocycles. The first-order valence-electron chi connectivity index (χ1n) is 9.35. The van der Waals surface area contributed by atoms with Crippen molar-refractivity contribution in [2.45, 2.75) is 27.2 Å². The first-order chi connectivity index (χ1) is 14.8. The molecule has 0 radical (unpaired) electrons. The van der Waals surface area contributed by atoms with Crippen LogP contribution in [0.25, 0.3) is 17.1 Å². The number of aryl methyl sites for hydroxylation is 2. The van der Waals surface area contributed by atoms with Crippen molar-refractivity contribution in [3.63, 3.8) is 0 Å². The van der Waals surface area contributed by atoms with Gasteiger partial charge in [0, 0.05) is 30.4 Å². The number of hydrogen-bond acceptors (Lipinski definition) is 6. The predicted octanol–water partition coefficient (Wildman–Crippen LogP) is 4.72. The van der Waals surface area contributed by atoms with E-state index in [0.29, 0.717) is 39.4 Å². The largest absolute Gasteiger partial charge is 0.325 e. The molecule has 1 N–H and O–H groups in total. The van der Waals surface area contributed by atoms with Crippen molar-refractivity contribution in [1.82, 2.24) is 34.5 Å². The number of aromatic nitrogens is 7. The fourth-order valence-corrected chi connectivity index (χ4v) is 3.37. The summed E-state index contributed by atoms with van der Waals surface area (Å²) < 4.78 is 28.9. The number of alkyl halides is 2. The molecule has 160 valence electrons. The van der Waals surface area contributed by atoms with E-state index in [1.54, 1.807) is 28.5 Å². The molecule has 0 spiro atoms. The van der Waals surface area contributed by atoms with Crippen molar-refractivity contribution in [1.29, 1.82) is 0 Å². The molecule has 0 saturated carbocycles. The second kappa shape index (κ2) is 8.03. The van der Waals surface area contributed by atoms with Gasteiger partial charge < -0.3 is 5.32 Å².